The monoisotopic (exact) mass is 419 g/mol. The Bertz CT molecular complexity index is 1020. The predicted molar refractivity (Wildman–Crippen MR) is 99.7 cm³/mol. The lowest BCUT2D eigenvalue weighted by molar-refractivity contribution is -0.115. The first-order chi connectivity index (χ1) is 11.9. The van der Waals surface area contributed by atoms with E-state index in [1.165, 1.54) is 12.1 Å². The molecule has 6 nitrogen and oxygen atoms in total. The molecule has 0 unspecified atom stereocenters. The topological polar surface area (TPSA) is 88.2 Å². The second-order valence-corrected chi connectivity index (χ2v) is 7.92. The number of carbonyl (C=O) groups excluding carboxylic acids is 1. The molecule has 0 aliphatic carbocycles. The summed E-state index contributed by atoms with van der Waals surface area (Å²) in [6, 6.07) is 15.1. The van der Waals surface area contributed by atoms with Gasteiger partial charge in [-0.2, -0.15) is 0 Å². The zero-order valence-electron chi connectivity index (χ0n) is 12.9. The van der Waals surface area contributed by atoms with Crippen molar-refractivity contribution in [3.8, 4) is 0 Å². The van der Waals surface area contributed by atoms with Crippen LogP contribution in [0.15, 0.2) is 70.2 Å². The summed E-state index contributed by atoms with van der Waals surface area (Å²) in [7, 11) is -3.74. The molecular formula is C17H14BrN3O3S. The van der Waals surface area contributed by atoms with Gasteiger partial charge in [-0.05, 0) is 48.5 Å². The van der Waals surface area contributed by atoms with Crippen LogP contribution in [0.3, 0.4) is 0 Å². The fourth-order valence-electron chi connectivity index (χ4n) is 2.22. The summed E-state index contributed by atoms with van der Waals surface area (Å²) < 4.78 is 27.4. The lowest BCUT2D eigenvalue weighted by atomic mass is 10.2. The molecule has 0 fully saturated rings. The zero-order valence-corrected chi connectivity index (χ0v) is 15.3. The van der Waals surface area contributed by atoms with Gasteiger partial charge in [0.2, 0.25) is 15.9 Å². The van der Waals surface area contributed by atoms with Crippen LogP contribution in [-0.2, 0) is 14.8 Å². The number of benzene rings is 2. The number of fused-ring (bicyclic) bond motifs is 1. The Labute approximate surface area is 153 Å². The van der Waals surface area contributed by atoms with E-state index in [-0.39, 0.29) is 11.4 Å². The number of anilines is 1. The number of halogens is 1. The quantitative estimate of drug-likeness (QED) is 0.665. The van der Waals surface area contributed by atoms with E-state index in [1.807, 2.05) is 6.07 Å². The minimum absolute atomic E-state index is 0.0975. The molecule has 0 radical (unpaired) electrons. The maximum absolute atomic E-state index is 12.2. The molecule has 0 aliphatic heterocycles. The van der Waals surface area contributed by atoms with Crippen LogP contribution in [0.4, 0.5) is 5.69 Å². The van der Waals surface area contributed by atoms with Crippen molar-refractivity contribution in [1.29, 1.82) is 0 Å². The first-order valence-electron chi connectivity index (χ1n) is 7.34. The molecule has 0 saturated heterocycles. The van der Waals surface area contributed by atoms with E-state index < -0.39 is 15.9 Å². The van der Waals surface area contributed by atoms with Crippen molar-refractivity contribution < 1.29 is 13.2 Å². The minimum atomic E-state index is -3.74. The van der Waals surface area contributed by atoms with Gasteiger partial charge in [-0.25, -0.2) is 13.1 Å². The molecule has 2 aromatic carbocycles. The standard InChI is InChI=1S/C17H14BrN3O3S/c18-13-3-6-15(7-4-13)25(23,24)20-11-17(22)21-14-5-8-16-12(10-14)2-1-9-19-16/h1-10,20H,11H2,(H,21,22). The molecule has 0 spiro atoms. The van der Waals surface area contributed by atoms with E-state index in [1.54, 1.807) is 42.6 Å². The zero-order chi connectivity index (χ0) is 17.9. The molecule has 128 valence electrons. The van der Waals surface area contributed by atoms with Crippen molar-refractivity contribution in [2.24, 2.45) is 0 Å². The summed E-state index contributed by atoms with van der Waals surface area (Å²) in [5, 5.41) is 3.55. The van der Waals surface area contributed by atoms with Gasteiger partial charge >= 0.3 is 0 Å². The molecule has 1 heterocycles. The van der Waals surface area contributed by atoms with Gasteiger partial charge < -0.3 is 5.32 Å². The highest BCUT2D eigenvalue weighted by Gasteiger charge is 2.15. The number of nitrogens with one attached hydrogen (secondary N) is 2. The average molecular weight is 420 g/mol. The number of hydrogen-bond acceptors (Lipinski definition) is 4. The highest BCUT2D eigenvalue weighted by molar-refractivity contribution is 9.10. The van der Waals surface area contributed by atoms with Crippen LogP contribution in [0.5, 0.6) is 0 Å². The fraction of sp³-hybridized carbons (Fsp3) is 0.0588. The molecule has 0 aliphatic rings. The van der Waals surface area contributed by atoms with Crippen LogP contribution >= 0.6 is 15.9 Å². The second kappa shape index (κ2) is 7.30. The number of amides is 1. The van der Waals surface area contributed by atoms with Crippen molar-refractivity contribution in [2.45, 2.75) is 4.90 Å². The van der Waals surface area contributed by atoms with Gasteiger partial charge in [-0.3, -0.25) is 9.78 Å². The second-order valence-electron chi connectivity index (χ2n) is 5.24. The van der Waals surface area contributed by atoms with Crippen molar-refractivity contribution >= 4 is 48.5 Å². The van der Waals surface area contributed by atoms with E-state index in [0.717, 1.165) is 15.4 Å². The number of carbonyl (C=O) groups is 1. The van der Waals surface area contributed by atoms with E-state index in [0.29, 0.717) is 5.69 Å². The Balaban J connectivity index is 1.64. The van der Waals surface area contributed by atoms with Crippen LogP contribution in [0.2, 0.25) is 0 Å². The summed E-state index contributed by atoms with van der Waals surface area (Å²) in [4.78, 5) is 16.3. The summed E-state index contributed by atoms with van der Waals surface area (Å²) in [5.41, 5.74) is 1.39. The Hall–Kier alpha value is -2.29. The highest BCUT2D eigenvalue weighted by Crippen LogP contribution is 2.17. The largest absolute Gasteiger partial charge is 0.325 e. The van der Waals surface area contributed by atoms with E-state index in [9.17, 15) is 13.2 Å². The molecule has 25 heavy (non-hydrogen) atoms. The molecule has 1 aromatic heterocycles. The van der Waals surface area contributed by atoms with E-state index in [4.69, 9.17) is 0 Å². The lowest BCUT2D eigenvalue weighted by Crippen LogP contribution is -2.32. The molecule has 1 amide bonds. The van der Waals surface area contributed by atoms with E-state index in [2.05, 4.69) is 31.0 Å². The number of pyridine rings is 1. The third-order valence-corrected chi connectivity index (χ3v) is 5.38. The molecule has 3 aromatic rings. The van der Waals surface area contributed by atoms with Gasteiger partial charge in [0.05, 0.1) is 17.0 Å². The Morgan fingerprint density at radius 1 is 1.08 bits per heavy atom. The first-order valence-corrected chi connectivity index (χ1v) is 9.61. The lowest BCUT2D eigenvalue weighted by Gasteiger charge is -2.08. The van der Waals surface area contributed by atoms with Crippen molar-refractivity contribution in [3.63, 3.8) is 0 Å². The van der Waals surface area contributed by atoms with Gasteiger partial charge in [0.25, 0.3) is 0 Å². The number of rotatable bonds is 5. The smallest absolute Gasteiger partial charge is 0.241 e. The number of nitrogens with zero attached hydrogens (tertiary/aromatic N) is 1. The van der Waals surface area contributed by atoms with Crippen molar-refractivity contribution in [1.82, 2.24) is 9.71 Å². The maximum Gasteiger partial charge on any atom is 0.241 e. The van der Waals surface area contributed by atoms with Crippen LogP contribution in [-0.4, -0.2) is 25.9 Å². The molecule has 3 rings (SSSR count). The van der Waals surface area contributed by atoms with Crippen LogP contribution in [0.25, 0.3) is 10.9 Å². The first kappa shape index (κ1) is 17.5. The summed E-state index contributed by atoms with van der Waals surface area (Å²) in [6.07, 6.45) is 1.69. The molecular weight excluding hydrogens is 406 g/mol. The van der Waals surface area contributed by atoms with Crippen LogP contribution < -0.4 is 10.0 Å². The molecule has 0 bridgehead atoms. The number of hydrogen-bond donors (Lipinski definition) is 2. The predicted octanol–water partition coefficient (Wildman–Crippen LogP) is 2.91. The highest BCUT2D eigenvalue weighted by atomic mass is 79.9. The molecule has 2 N–H and O–H groups in total. The average Bonchev–Trinajstić information content (AvgIpc) is 2.60. The molecule has 0 saturated carbocycles. The van der Waals surface area contributed by atoms with Gasteiger partial charge in [-0.1, -0.05) is 22.0 Å². The fourth-order valence-corrected chi connectivity index (χ4v) is 3.46. The SMILES string of the molecule is O=C(CNS(=O)(=O)c1ccc(Br)cc1)Nc1ccc2ncccc2c1. The summed E-state index contributed by atoms with van der Waals surface area (Å²) in [5.74, 6) is -0.455. The van der Waals surface area contributed by atoms with Crippen molar-refractivity contribution in [3.05, 3.63) is 65.3 Å². The third-order valence-electron chi connectivity index (χ3n) is 3.43. The molecule has 0 atom stereocenters. The Morgan fingerprint density at radius 3 is 2.60 bits per heavy atom. The van der Waals surface area contributed by atoms with Gasteiger partial charge in [0, 0.05) is 21.7 Å². The normalized spacial score (nSPS) is 11.4. The summed E-state index contributed by atoms with van der Waals surface area (Å²) in [6.45, 7) is -0.358. The number of sulfonamides is 1. The van der Waals surface area contributed by atoms with Crippen molar-refractivity contribution in [2.75, 3.05) is 11.9 Å². The van der Waals surface area contributed by atoms with Gasteiger partial charge in [0.1, 0.15) is 0 Å². The Kier molecular flexibility index (Phi) is 5.12. The maximum atomic E-state index is 12.2. The minimum Gasteiger partial charge on any atom is -0.325 e. The molecule has 8 heteroatoms. The van der Waals surface area contributed by atoms with Gasteiger partial charge in [-0.15, -0.1) is 0 Å². The number of aromatic nitrogens is 1. The third kappa shape index (κ3) is 4.41. The van der Waals surface area contributed by atoms with Crippen LogP contribution in [0.1, 0.15) is 0 Å². The Morgan fingerprint density at radius 2 is 1.84 bits per heavy atom. The van der Waals surface area contributed by atoms with E-state index >= 15 is 0 Å². The van der Waals surface area contributed by atoms with Crippen LogP contribution in [0, 0.1) is 0 Å². The summed E-state index contributed by atoms with van der Waals surface area (Å²) >= 11 is 3.24. The van der Waals surface area contributed by atoms with Gasteiger partial charge in [0.15, 0.2) is 0 Å².